The summed E-state index contributed by atoms with van der Waals surface area (Å²) >= 11 is 0. The van der Waals surface area contributed by atoms with Gasteiger partial charge in [0, 0.05) is 6.54 Å². The standard InChI is InChI=1S/C11H18N2O4S2/c1-2-18(14,15)11-7-4-3-6-10(11)13-8-5-9-19(12,16)17/h3-4,6-7,13H,2,5,8-9H2,1H3,(H2,12,16,17). The summed E-state index contributed by atoms with van der Waals surface area (Å²) in [4.78, 5) is 0.230. The zero-order valence-corrected chi connectivity index (χ0v) is 12.3. The lowest BCUT2D eigenvalue weighted by molar-refractivity contribution is 0.594. The number of hydrogen-bond donors (Lipinski definition) is 2. The molecule has 0 bridgehead atoms. The smallest absolute Gasteiger partial charge is 0.209 e. The normalized spacial score (nSPS) is 12.3. The molecule has 0 aliphatic heterocycles. The van der Waals surface area contributed by atoms with Gasteiger partial charge in [-0.2, -0.15) is 0 Å². The molecule has 0 aromatic heterocycles. The Kier molecular flexibility index (Phi) is 5.33. The Bertz CT molecular complexity index is 624. The molecule has 0 spiro atoms. The predicted molar refractivity (Wildman–Crippen MR) is 75.2 cm³/mol. The summed E-state index contributed by atoms with van der Waals surface area (Å²) in [7, 11) is -6.78. The van der Waals surface area contributed by atoms with Crippen molar-refractivity contribution in [3.05, 3.63) is 24.3 Å². The lowest BCUT2D eigenvalue weighted by Crippen LogP contribution is -2.19. The SMILES string of the molecule is CCS(=O)(=O)c1ccccc1NCCCS(N)(=O)=O. The van der Waals surface area contributed by atoms with E-state index in [2.05, 4.69) is 5.32 Å². The Morgan fingerprint density at radius 3 is 2.37 bits per heavy atom. The molecule has 0 fully saturated rings. The maximum absolute atomic E-state index is 11.9. The number of anilines is 1. The van der Waals surface area contributed by atoms with Gasteiger partial charge in [0.1, 0.15) is 0 Å². The molecule has 0 saturated carbocycles. The van der Waals surface area contributed by atoms with Gasteiger partial charge < -0.3 is 5.32 Å². The highest BCUT2D eigenvalue weighted by Crippen LogP contribution is 2.21. The van der Waals surface area contributed by atoms with Crippen molar-refractivity contribution in [2.24, 2.45) is 5.14 Å². The highest BCUT2D eigenvalue weighted by molar-refractivity contribution is 7.91. The Morgan fingerprint density at radius 1 is 1.16 bits per heavy atom. The quantitative estimate of drug-likeness (QED) is 0.716. The van der Waals surface area contributed by atoms with Gasteiger partial charge in [-0.25, -0.2) is 22.0 Å². The molecule has 1 rings (SSSR count). The maximum atomic E-state index is 11.9. The Balaban J connectivity index is 2.75. The molecule has 0 unspecified atom stereocenters. The summed E-state index contributed by atoms with van der Waals surface area (Å²) in [5, 5.41) is 7.81. The first kappa shape index (κ1) is 15.9. The van der Waals surface area contributed by atoms with Crippen LogP contribution in [0.3, 0.4) is 0 Å². The molecule has 1 aromatic carbocycles. The van der Waals surface area contributed by atoms with Crippen LogP contribution >= 0.6 is 0 Å². The van der Waals surface area contributed by atoms with Crippen molar-refractivity contribution in [1.29, 1.82) is 0 Å². The minimum Gasteiger partial charge on any atom is -0.384 e. The number of nitrogens with one attached hydrogen (secondary N) is 1. The molecule has 6 nitrogen and oxygen atoms in total. The highest BCUT2D eigenvalue weighted by atomic mass is 32.2. The van der Waals surface area contributed by atoms with Crippen molar-refractivity contribution < 1.29 is 16.8 Å². The van der Waals surface area contributed by atoms with Gasteiger partial charge in [0.15, 0.2) is 9.84 Å². The molecular weight excluding hydrogens is 288 g/mol. The van der Waals surface area contributed by atoms with Crippen LogP contribution in [0.5, 0.6) is 0 Å². The van der Waals surface area contributed by atoms with Gasteiger partial charge in [0.05, 0.1) is 22.1 Å². The fourth-order valence-corrected chi connectivity index (χ4v) is 3.15. The second-order valence-corrected chi connectivity index (χ2v) is 8.03. The van der Waals surface area contributed by atoms with E-state index in [-0.39, 0.29) is 16.4 Å². The van der Waals surface area contributed by atoms with E-state index >= 15 is 0 Å². The van der Waals surface area contributed by atoms with E-state index in [0.29, 0.717) is 18.7 Å². The third-order valence-electron chi connectivity index (χ3n) is 2.52. The summed E-state index contributed by atoms with van der Waals surface area (Å²) in [6.07, 6.45) is 0.319. The van der Waals surface area contributed by atoms with Crippen LogP contribution in [0.4, 0.5) is 5.69 Å². The van der Waals surface area contributed by atoms with E-state index < -0.39 is 19.9 Å². The van der Waals surface area contributed by atoms with Crippen molar-refractivity contribution in [2.45, 2.75) is 18.2 Å². The van der Waals surface area contributed by atoms with E-state index in [1.807, 2.05) is 0 Å². The first-order valence-electron chi connectivity index (χ1n) is 5.82. The summed E-state index contributed by atoms with van der Waals surface area (Å²) in [6.45, 7) is 1.92. The number of rotatable bonds is 7. The fourth-order valence-electron chi connectivity index (χ4n) is 1.54. The van der Waals surface area contributed by atoms with Gasteiger partial charge in [-0.15, -0.1) is 0 Å². The minimum absolute atomic E-state index is 0.0167. The third-order valence-corrected chi connectivity index (χ3v) is 5.17. The Morgan fingerprint density at radius 2 is 1.79 bits per heavy atom. The van der Waals surface area contributed by atoms with Crippen molar-refractivity contribution in [3.63, 3.8) is 0 Å². The summed E-state index contributed by atoms with van der Waals surface area (Å²) in [5.74, 6) is -0.119. The van der Waals surface area contributed by atoms with Crippen molar-refractivity contribution in [3.8, 4) is 0 Å². The Labute approximate surface area is 114 Å². The average Bonchev–Trinajstić information content (AvgIpc) is 2.34. The second kappa shape index (κ2) is 6.36. The highest BCUT2D eigenvalue weighted by Gasteiger charge is 2.15. The molecule has 0 heterocycles. The van der Waals surface area contributed by atoms with Crippen LogP contribution < -0.4 is 10.5 Å². The molecule has 3 N–H and O–H groups in total. The number of sulfonamides is 1. The van der Waals surface area contributed by atoms with Crippen molar-refractivity contribution >= 4 is 25.5 Å². The summed E-state index contributed by atoms with van der Waals surface area (Å²) in [5.41, 5.74) is 0.485. The molecule has 8 heteroatoms. The first-order valence-corrected chi connectivity index (χ1v) is 9.19. The van der Waals surface area contributed by atoms with E-state index in [4.69, 9.17) is 5.14 Å². The van der Waals surface area contributed by atoms with Crippen LogP contribution in [-0.2, 0) is 19.9 Å². The van der Waals surface area contributed by atoms with Gasteiger partial charge in [-0.05, 0) is 18.6 Å². The summed E-state index contributed by atoms with van der Waals surface area (Å²) in [6, 6.07) is 6.55. The van der Waals surface area contributed by atoms with Crippen LogP contribution in [0.25, 0.3) is 0 Å². The van der Waals surface area contributed by atoms with Gasteiger partial charge in [0.2, 0.25) is 10.0 Å². The van der Waals surface area contributed by atoms with Crippen LogP contribution in [-0.4, -0.2) is 34.9 Å². The van der Waals surface area contributed by atoms with Crippen molar-refractivity contribution in [2.75, 3.05) is 23.4 Å². The van der Waals surface area contributed by atoms with E-state index in [9.17, 15) is 16.8 Å². The number of nitrogens with two attached hydrogens (primary N) is 1. The third kappa shape index (κ3) is 5.17. The fraction of sp³-hybridized carbons (Fsp3) is 0.455. The van der Waals surface area contributed by atoms with Crippen LogP contribution in [0.15, 0.2) is 29.2 Å². The van der Waals surface area contributed by atoms with Gasteiger partial charge in [0.25, 0.3) is 0 Å². The number of para-hydroxylation sites is 1. The molecule has 0 amide bonds. The Hall–Kier alpha value is -1.12. The monoisotopic (exact) mass is 306 g/mol. The zero-order chi connectivity index (χ0) is 14.5. The minimum atomic E-state index is -3.48. The predicted octanol–water partition coefficient (Wildman–Crippen LogP) is 0.571. The van der Waals surface area contributed by atoms with Gasteiger partial charge in [-0.1, -0.05) is 19.1 Å². The topological polar surface area (TPSA) is 106 Å². The molecule has 108 valence electrons. The lowest BCUT2D eigenvalue weighted by atomic mass is 10.3. The van der Waals surface area contributed by atoms with Gasteiger partial charge in [-0.3, -0.25) is 0 Å². The van der Waals surface area contributed by atoms with Crippen molar-refractivity contribution in [1.82, 2.24) is 0 Å². The number of primary sulfonamides is 1. The first-order chi connectivity index (χ1) is 8.76. The molecule has 19 heavy (non-hydrogen) atoms. The second-order valence-electron chi connectivity index (χ2n) is 4.05. The van der Waals surface area contributed by atoms with Gasteiger partial charge >= 0.3 is 0 Å². The maximum Gasteiger partial charge on any atom is 0.209 e. The number of sulfone groups is 1. The number of benzene rings is 1. The molecule has 0 radical (unpaired) electrons. The van der Waals surface area contributed by atoms with E-state index in [1.165, 1.54) is 6.07 Å². The molecule has 0 aliphatic carbocycles. The molecule has 0 aliphatic rings. The number of hydrogen-bond acceptors (Lipinski definition) is 5. The average molecular weight is 306 g/mol. The van der Waals surface area contributed by atoms with Crippen LogP contribution in [0.2, 0.25) is 0 Å². The van der Waals surface area contributed by atoms with E-state index in [1.54, 1.807) is 25.1 Å². The van der Waals surface area contributed by atoms with E-state index in [0.717, 1.165) is 0 Å². The molecule has 0 saturated heterocycles. The molecular formula is C11H18N2O4S2. The summed E-state index contributed by atoms with van der Waals surface area (Å²) < 4.78 is 45.3. The molecule has 0 atom stereocenters. The molecule has 1 aromatic rings. The van der Waals surface area contributed by atoms with Crippen LogP contribution in [0, 0.1) is 0 Å². The zero-order valence-electron chi connectivity index (χ0n) is 10.7. The largest absolute Gasteiger partial charge is 0.384 e. The lowest BCUT2D eigenvalue weighted by Gasteiger charge is -2.11. The van der Waals surface area contributed by atoms with Crippen LogP contribution in [0.1, 0.15) is 13.3 Å².